The lowest BCUT2D eigenvalue weighted by Gasteiger charge is -2.29. The largest absolute Gasteiger partial charge is 0.756 e. The first-order valence-corrected chi connectivity index (χ1v) is 27.5. The van der Waals surface area contributed by atoms with Crippen molar-refractivity contribution in [3.8, 4) is 0 Å². The van der Waals surface area contributed by atoms with Gasteiger partial charge in [-0.25, -0.2) is 0 Å². The van der Waals surface area contributed by atoms with E-state index < -0.39 is 20.0 Å². The van der Waals surface area contributed by atoms with Gasteiger partial charge in [-0.05, 0) is 12.8 Å². The molecule has 0 saturated heterocycles. The third kappa shape index (κ3) is 45.3. The molecular weight excluding hydrogens is 768 g/mol. The Balaban J connectivity index is 3.61. The molecule has 0 aliphatic heterocycles. The maximum Gasteiger partial charge on any atom is 0.268 e. The van der Waals surface area contributed by atoms with Crippen molar-refractivity contribution >= 4 is 13.7 Å². The van der Waals surface area contributed by atoms with E-state index in [1.807, 2.05) is 34.1 Å². The summed E-state index contributed by atoms with van der Waals surface area (Å²) in [5, 5.41) is 13.4. The van der Waals surface area contributed by atoms with Gasteiger partial charge in [0.25, 0.3) is 7.82 Å². The van der Waals surface area contributed by atoms with E-state index in [-0.39, 0.29) is 19.1 Å². The first kappa shape index (κ1) is 59.2. The number of carbonyl (C=O) groups excluding carboxylic acids is 1. The number of aliphatic hydroxyl groups excluding tert-OH is 1. The van der Waals surface area contributed by atoms with Crippen LogP contribution in [0.4, 0.5) is 0 Å². The number of carbonyl (C=O) groups is 1. The lowest BCUT2D eigenvalue weighted by molar-refractivity contribution is -0.870. The highest BCUT2D eigenvalue weighted by Gasteiger charge is 2.23. The summed E-state index contributed by atoms with van der Waals surface area (Å²) >= 11 is 0. The fourth-order valence-electron chi connectivity index (χ4n) is 7.87. The smallest absolute Gasteiger partial charge is 0.268 e. The van der Waals surface area contributed by atoms with Gasteiger partial charge >= 0.3 is 0 Å². The molecule has 0 radical (unpaired) electrons. The molecule has 0 saturated carbocycles. The summed E-state index contributed by atoms with van der Waals surface area (Å²) in [7, 11) is 1.26. The standard InChI is InChI=1S/C51H103N2O6P/c1-6-8-10-11-12-13-14-15-16-17-18-19-20-21-22-23-24-25-26-27-28-29-30-31-32-33-34-35-36-37-38-39-40-41-43-45-51(55)52-49(50(54)44-42-9-7-2)48-59-60(56,57)58-47-46-53(3,4)5/h42,44,49-50,54H,6-41,43,45-48H2,1-5H3,(H-,52,55,56,57)/b44-42+. The molecule has 0 aromatic heterocycles. The molecule has 0 aliphatic rings. The van der Waals surface area contributed by atoms with Crippen molar-refractivity contribution in [1.29, 1.82) is 0 Å². The van der Waals surface area contributed by atoms with Gasteiger partial charge in [0.05, 0.1) is 39.9 Å². The summed E-state index contributed by atoms with van der Waals surface area (Å²) in [6.07, 6.45) is 52.7. The SMILES string of the molecule is CCC/C=C/C(O)C(COP(=O)([O-])OCC[N+](C)(C)C)NC(=O)CCCCCCCCCCCCCCCCCCCCCCCCCCCCCCCCCCCCC. The molecule has 0 spiro atoms. The fourth-order valence-corrected chi connectivity index (χ4v) is 8.59. The number of allylic oxidation sites excluding steroid dienone is 1. The van der Waals surface area contributed by atoms with Crippen molar-refractivity contribution in [2.24, 2.45) is 0 Å². The van der Waals surface area contributed by atoms with E-state index >= 15 is 0 Å². The van der Waals surface area contributed by atoms with E-state index in [9.17, 15) is 19.4 Å². The maximum atomic E-state index is 12.7. The zero-order valence-electron chi connectivity index (χ0n) is 40.7. The molecule has 0 aromatic carbocycles. The fraction of sp³-hybridized carbons (Fsp3) is 0.941. The number of phosphoric acid groups is 1. The van der Waals surface area contributed by atoms with Crippen molar-refractivity contribution in [3.63, 3.8) is 0 Å². The molecule has 0 heterocycles. The van der Waals surface area contributed by atoms with Crippen LogP contribution in [0.1, 0.15) is 258 Å². The molecule has 0 aromatic rings. The number of aliphatic hydroxyl groups is 1. The molecule has 3 unspecified atom stereocenters. The first-order chi connectivity index (χ1) is 29.0. The third-order valence-corrected chi connectivity index (χ3v) is 12.9. The van der Waals surface area contributed by atoms with Gasteiger partial charge in [0.1, 0.15) is 13.2 Å². The quantitative estimate of drug-likeness (QED) is 0.0273. The number of hydrogen-bond acceptors (Lipinski definition) is 6. The monoisotopic (exact) mass is 871 g/mol. The third-order valence-electron chi connectivity index (χ3n) is 12.0. The Bertz CT molecular complexity index is 989. The highest BCUT2D eigenvalue weighted by atomic mass is 31.2. The number of likely N-dealkylation sites (N-methyl/N-ethyl adjacent to an activating group) is 1. The average molecular weight is 871 g/mol. The summed E-state index contributed by atoms with van der Waals surface area (Å²) in [6.45, 7) is 4.45. The molecule has 60 heavy (non-hydrogen) atoms. The second-order valence-corrected chi connectivity index (χ2v) is 20.7. The number of phosphoric ester groups is 1. The van der Waals surface area contributed by atoms with Crippen LogP contribution in [0.5, 0.6) is 0 Å². The Morgan fingerprint density at radius 1 is 0.567 bits per heavy atom. The minimum absolute atomic E-state index is 0.0000109. The average Bonchev–Trinajstić information content (AvgIpc) is 3.20. The number of hydrogen-bond donors (Lipinski definition) is 2. The Morgan fingerprint density at radius 2 is 0.900 bits per heavy atom. The van der Waals surface area contributed by atoms with Crippen LogP contribution < -0.4 is 10.2 Å². The van der Waals surface area contributed by atoms with Crippen molar-refractivity contribution in [3.05, 3.63) is 12.2 Å². The van der Waals surface area contributed by atoms with E-state index in [2.05, 4.69) is 12.2 Å². The molecule has 8 nitrogen and oxygen atoms in total. The molecule has 0 rings (SSSR count). The summed E-state index contributed by atoms with van der Waals surface area (Å²) in [5.41, 5.74) is 0. The summed E-state index contributed by atoms with van der Waals surface area (Å²) in [5.74, 6) is -0.204. The van der Waals surface area contributed by atoms with Gasteiger partial charge in [0, 0.05) is 6.42 Å². The van der Waals surface area contributed by atoms with Gasteiger partial charge in [-0.2, -0.15) is 0 Å². The topological polar surface area (TPSA) is 108 Å². The van der Waals surface area contributed by atoms with Crippen LogP contribution in [0.25, 0.3) is 0 Å². The van der Waals surface area contributed by atoms with Crippen molar-refractivity contribution in [1.82, 2.24) is 5.32 Å². The predicted molar refractivity (Wildman–Crippen MR) is 256 cm³/mol. The van der Waals surface area contributed by atoms with E-state index in [1.54, 1.807) is 6.08 Å². The lowest BCUT2D eigenvalue weighted by Crippen LogP contribution is -2.45. The predicted octanol–water partition coefficient (Wildman–Crippen LogP) is 14.5. The molecule has 0 fully saturated rings. The van der Waals surface area contributed by atoms with Crippen molar-refractivity contribution < 1.29 is 32.9 Å². The number of unbranched alkanes of at least 4 members (excludes halogenated alkanes) is 35. The number of nitrogens with one attached hydrogen (secondary N) is 1. The van der Waals surface area contributed by atoms with Crippen LogP contribution in [0.2, 0.25) is 0 Å². The summed E-state index contributed by atoms with van der Waals surface area (Å²) in [6, 6.07) is -0.877. The second kappa shape index (κ2) is 43.5. The number of amides is 1. The van der Waals surface area contributed by atoms with E-state index in [0.717, 1.165) is 32.1 Å². The molecule has 358 valence electrons. The zero-order valence-corrected chi connectivity index (χ0v) is 41.6. The summed E-state index contributed by atoms with van der Waals surface area (Å²) < 4.78 is 22.9. The molecule has 0 bridgehead atoms. The molecule has 0 aliphatic carbocycles. The van der Waals surface area contributed by atoms with Crippen molar-refractivity contribution in [2.75, 3.05) is 40.9 Å². The van der Waals surface area contributed by atoms with E-state index in [4.69, 9.17) is 9.05 Å². The normalized spacial score (nSPS) is 14.2. The molecular formula is C51H103N2O6P. The zero-order chi connectivity index (χ0) is 44.3. The first-order valence-electron chi connectivity index (χ1n) is 26.1. The van der Waals surface area contributed by atoms with Crippen LogP contribution in [0.3, 0.4) is 0 Å². The Kier molecular flexibility index (Phi) is 42.9. The highest BCUT2D eigenvalue weighted by Crippen LogP contribution is 2.38. The van der Waals surface area contributed by atoms with Gasteiger partial charge in [-0.3, -0.25) is 9.36 Å². The van der Waals surface area contributed by atoms with Gasteiger partial charge in [-0.1, -0.05) is 251 Å². The van der Waals surface area contributed by atoms with Crippen LogP contribution in [0, 0.1) is 0 Å². The van der Waals surface area contributed by atoms with E-state index in [1.165, 1.54) is 205 Å². The van der Waals surface area contributed by atoms with Gasteiger partial charge in [0.15, 0.2) is 0 Å². The summed E-state index contributed by atoms with van der Waals surface area (Å²) in [4.78, 5) is 25.0. The number of quaternary nitrogens is 1. The number of rotatable bonds is 48. The molecule has 1 amide bonds. The number of nitrogens with zero attached hydrogens (tertiary/aromatic N) is 1. The molecule has 2 N–H and O–H groups in total. The Labute approximate surface area is 373 Å². The minimum Gasteiger partial charge on any atom is -0.756 e. The van der Waals surface area contributed by atoms with Gasteiger partial charge in [-0.15, -0.1) is 0 Å². The van der Waals surface area contributed by atoms with E-state index in [0.29, 0.717) is 17.4 Å². The van der Waals surface area contributed by atoms with Crippen LogP contribution in [0.15, 0.2) is 12.2 Å². The van der Waals surface area contributed by atoms with Crippen LogP contribution in [-0.2, 0) is 18.4 Å². The molecule has 9 heteroatoms. The molecule has 3 atom stereocenters. The van der Waals surface area contributed by atoms with Crippen molar-refractivity contribution in [2.45, 2.75) is 270 Å². The Morgan fingerprint density at radius 3 is 1.22 bits per heavy atom. The lowest BCUT2D eigenvalue weighted by atomic mass is 10.0. The second-order valence-electron chi connectivity index (χ2n) is 19.2. The highest BCUT2D eigenvalue weighted by molar-refractivity contribution is 7.45. The maximum absolute atomic E-state index is 12.7. The van der Waals surface area contributed by atoms with Crippen LogP contribution >= 0.6 is 7.82 Å². The van der Waals surface area contributed by atoms with Crippen LogP contribution in [-0.4, -0.2) is 68.5 Å². The van der Waals surface area contributed by atoms with Gasteiger partial charge < -0.3 is 28.8 Å². The Hall–Kier alpha value is -0.760. The minimum atomic E-state index is -4.56. The van der Waals surface area contributed by atoms with Gasteiger partial charge in [0.2, 0.25) is 5.91 Å².